The molecule has 18 heavy (non-hydrogen) atoms. The standard InChI is InChI=1S/C16H14N2/c1-11-15-9-8-14(10-16(15)12(2)17-11)18-13-6-4-3-5-7-13/h3-10,17-18H,1-2H2. The van der Waals surface area contributed by atoms with Crippen molar-refractivity contribution in [3.8, 4) is 0 Å². The Bertz CT molecular complexity index is 785. The largest absolute Gasteiger partial charge is 0.356 e. The minimum atomic E-state index is 0.909. The van der Waals surface area contributed by atoms with Crippen LogP contribution in [0.3, 0.4) is 0 Å². The lowest BCUT2D eigenvalue weighted by Gasteiger charge is -2.06. The van der Waals surface area contributed by atoms with Gasteiger partial charge in [0.15, 0.2) is 0 Å². The molecule has 0 amide bonds. The van der Waals surface area contributed by atoms with Gasteiger partial charge in [0.05, 0.1) is 0 Å². The van der Waals surface area contributed by atoms with Gasteiger partial charge in [-0.15, -0.1) is 0 Å². The summed E-state index contributed by atoms with van der Waals surface area (Å²) < 4.78 is 0. The van der Waals surface area contributed by atoms with E-state index >= 15 is 0 Å². The molecule has 1 aromatic heterocycles. The molecule has 0 unspecified atom stereocenters. The van der Waals surface area contributed by atoms with Gasteiger partial charge >= 0.3 is 0 Å². The predicted molar refractivity (Wildman–Crippen MR) is 78.3 cm³/mol. The van der Waals surface area contributed by atoms with Crippen molar-refractivity contribution in [3.63, 3.8) is 0 Å². The van der Waals surface area contributed by atoms with Gasteiger partial charge in [-0.2, -0.15) is 0 Å². The van der Waals surface area contributed by atoms with E-state index in [-0.39, 0.29) is 0 Å². The minimum absolute atomic E-state index is 0.909. The highest BCUT2D eigenvalue weighted by Gasteiger charge is 2.00. The highest BCUT2D eigenvalue weighted by Crippen LogP contribution is 2.18. The SMILES string of the molecule is C=c1[nH]c(=C)c2cc(Nc3ccccc3)ccc12. The van der Waals surface area contributed by atoms with Crippen LogP contribution in [-0.2, 0) is 0 Å². The molecule has 0 saturated carbocycles. The van der Waals surface area contributed by atoms with Crippen molar-refractivity contribution in [2.45, 2.75) is 0 Å². The predicted octanol–water partition coefficient (Wildman–Crippen LogP) is 2.73. The molecule has 2 nitrogen and oxygen atoms in total. The summed E-state index contributed by atoms with van der Waals surface area (Å²) in [5.41, 5.74) is 2.13. The second-order valence-corrected chi connectivity index (χ2v) is 4.33. The highest BCUT2D eigenvalue weighted by molar-refractivity contribution is 5.87. The topological polar surface area (TPSA) is 27.8 Å². The molecule has 0 atom stereocenters. The van der Waals surface area contributed by atoms with E-state index < -0.39 is 0 Å². The third-order valence-electron chi connectivity index (χ3n) is 3.03. The van der Waals surface area contributed by atoms with Crippen LogP contribution in [0, 0.1) is 0 Å². The van der Waals surface area contributed by atoms with Crippen molar-refractivity contribution >= 4 is 35.3 Å². The van der Waals surface area contributed by atoms with Gasteiger partial charge in [-0.1, -0.05) is 37.4 Å². The minimum Gasteiger partial charge on any atom is -0.356 e. The first-order valence-electron chi connectivity index (χ1n) is 5.86. The van der Waals surface area contributed by atoms with Gasteiger partial charge < -0.3 is 10.3 Å². The molecule has 0 bridgehead atoms. The van der Waals surface area contributed by atoms with Gasteiger partial charge in [0, 0.05) is 32.8 Å². The number of para-hydroxylation sites is 1. The van der Waals surface area contributed by atoms with E-state index in [9.17, 15) is 0 Å². The Labute approximate surface area is 105 Å². The molecule has 88 valence electrons. The van der Waals surface area contributed by atoms with Gasteiger partial charge in [0.2, 0.25) is 0 Å². The molecule has 0 aliphatic carbocycles. The summed E-state index contributed by atoms with van der Waals surface area (Å²) >= 11 is 0. The van der Waals surface area contributed by atoms with Crippen molar-refractivity contribution in [3.05, 3.63) is 59.2 Å². The number of H-pyrrole nitrogens is 1. The fraction of sp³-hybridized carbons (Fsp3) is 0. The molecular formula is C16H14N2. The molecule has 0 saturated heterocycles. The molecule has 2 heteroatoms. The fourth-order valence-electron chi connectivity index (χ4n) is 2.14. The molecular weight excluding hydrogens is 220 g/mol. The van der Waals surface area contributed by atoms with Crippen molar-refractivity contribution in [2.75, 3.05) is 5.32 Å². The van der Waals surface area contributed by atoms with Gasteiger partial charge in [-0.25, -0.2) is 0 Å². The lowest BCUT2D eigenvalue weighted by Crippen LogP contribution is -2.05. The van der Waals surface area contributed by atoms with Crippen LogP contribution in [0.1, 0.15) is 0 Å². The average molecular weight is 234 g/mol. The maximum atomic E-state index is 3.99. The molecule has 0 fully saturated rings. The van der Waals surface area contributed by atoms with Crippen LogP contribution in [0.2, 0.25) is 0 Å². The Kier molecular flexibility index (Phi) is 2.41. The first-order valence-corrected chi connectivity index (χ1v) is 5.86. The van der Waals surface area contributed by atoms with Crippen LogP contribution in [0.15, 0.2) is 48.5 Å². The summed E-state index contributed by atoms with van der Waals surface area (Å²) in [4.78, 5) is 3.16. The van der Waals surface area contributed by atoms with Gasteiger partial charge in [-0.3, -0.25) is 0 Å². The summed E-state index contributed by atoms with van der Waals surface area (Å²) in [5.74, 6) is 0. The molecule has 0 aliphatic heterocycles. The summed E-state index contributed by atoms with van der Waals surface area (Å²) in [6, 6.07) is 16.3. The van der Waals surface area contributed by atoms with Crippen LogP contribution in [0.4, 0.5) is 11.4 Å². The monoisotopic (exact) mass is 234 g/mol. The Morgan fingerprint density at radius 3 is 2.28 bits per heavy atom. The van der Waals surface area contributed by atoms with Crippen molar-refractivity contribution in [1.29, 1.82) is 0 Å². The number of aromatic nitrogens is 1. The Balaban J connectivity index is 2.06. The Morgan fingerprint density at radius 2 is 1.50 bits per heavy atom. The zero-order valence-corrected chi connectivity index (χ0v) is 10.0. The number of nitrogens with one attached hydrogen (secondary N) is 2. The number of aromatic amines is 1. The van der Waals surface area contributed by atoms with Gasteiger partial charge in [-0.05, 0) is 24.3 Å². The maximum absolute atomic E-state index is 3.99. The number of hydrogen-bond acceptors (Lipinski definition) is 1. The molecule has 1 heterocycles. The third kappa shape index (κ3) is 1.78. The van der Waals surface area contributed by atoms with Crippen LogP contribution in [0.5, 0.6) is 0 Å². The molecule has 2 aromatic carbocycles. The van der Waals surface area contributed by atoms with Crippen LogP contribution < -0.4 is 16.0 Å². The van der Waals surface area contributed by atoms with Crippen LogP contribution in [0.25, 0.3) is 23.9 Å². The summed E-state index contributed by atoms with van der Waals surface area (Å²) in [6.07, 6.45) is 0. The first kappa shape index (κ1) is 10.7. The van der Waals surface area contributed by atoms with Gasteiger partial charge in [0.1, 0.15) is 0 Å². The number of anilines is 2. The Hall–Kier alpha value is -2.48. The van der Waals surface area contributed by atoms with E-state index in [4.69, 9.17) is 0 Å². The van der Waals surface area contributed by atoms with E-state index in [0.717, 1.165) is 32.8 Å². The zero-order valence-electron chi connectivity index (χ0n) is 10.0. The van der Waals surface area contributed by atoms with E-state index in [2.05, 4.69) is 41.7 Å². The second-order valence-electron chi connectivity index (χ2n) is 4.33. The molecule has 3 rings (SSSR count). The third-order valence-corrected chi connectivity index (χ3v) is 3.03. The fourth-order valence-corrected chi connectivity index (χ4v) is 2.14. The molecule has 0 radical (unpaired) electrons. The maximum Gasteiger partial charge on any atom is 0.0392 e. The van der Waals surface area contributed by atoms with Gasteiger partial charge in [0.25, 0.3) is 0 Å². The molecule has 0 spiro atoms. The summed E-state index contributed by atoms with van der Waals surface area (Å²) in [6.45, 7) is 7.96. The van der Waals surface area contributed by atoms with E-state index in [1.807, 2.05) is 30.3 Å². The lowest BCUT2D eigenvalue weighted by atomic mass is 10.2. The number of rotatable bonds is 2. The van der Waals surface area contributed by atoms with E-state index in [0.29, 0.717) is 0 Å². The number of benzene rings is 2. The highest BCUT2D eigenvalue weighted by atomic mass is 14.9. The average Bonchev–Trinajstić information content (AvgIpc) is 2.66. The summed E-state index contributed by atoms with van der Waals surface area (Å²) in [5, 5.41) is 7.43. The molecule has 3 aromatic rings. The van der Waals surface area contributed by atoms with Crippen LogP contribution in [-0.4, -0.2) is 4.98 Å². The zero-order chi connectivity index (χ0) is 12.5. The first-order chi connectivity index (χ1) is 8.74. The normalized spacial score (nSPS) is 10.7. The second kappa shape index (κ2) is 4.08. The van der Waals surface area contributed by atoms with E-state index in [1.165, 1.54) is 0 Å². The molecule has 0 aliphatic rings. The lowest BCUT2D eigenvalue weighted by molar-refractivity contribution is 1.30. The quantitative estimate of drug-likeness (QED) is 0.701. The van der Waals surface area contributed by atoms with E-state index in [1.54, 1.807) is 0 Å². The van der Waals surface area contributed by atoms with Crippen molar-refractivity contribution in [2.24, 2.45) is 0 Å². The number of fused-ring (bicyclic) bond motifs is 1. The Morgan fingerprint density at radius 1 is 0.778 bits per heavy atom. The van der Waals surface area contributed by atoms with Crippen LogP contribution >= 0.6 is 0 Å². The number of hydrogen-bond donors (Lipinski definition) is 2. The van der Waals surface area contributed by atoms with Crippen molar-refractivity contribution < 1.29 is 0 Å². The smallest absolute Gasteiger partial charge is 0.0392 e. The molecule has 2 N–H and O–H groups in total. The summed E-state index contributed by atoms with van der Waals surface area (Å²) in [7, 11) is 0. The van der Waals surface area contributed by atoms with Crippen molar-refractivity contribution in [1.82, 2.24) is 4.98 Å².